The van der Waals surface area contributed by atoms with Crippen molar-refractivity contribution in [2.24, 2.45) is 0 Å². The predicted molar refractivity (Wildman–Crippen MR) is 114 cm³/mol. The van der Waals surface area contributed by atoms with Crippen molar-refractivity contribution in [1.29, 1.82) is 0 Å². The summed E-state index contributed by atoms with van der Waals surface area (Å²) in [7, 11) is 0. The van der Waals surface area contributed by atoms with Gasteiger partial charge < -0.3 is 15.4 Å². The molecule has 8 heteroatoms. The lowest BCUT2D eigenvalue weighted by molar-refractivity contribution is -0.384. The topological polar surface area (TPSA) is 111 Å². The first-order chi connectivity index (χ1) is 14.4. The highest BCUT2D eigenvalue weighted by Gasteiger charge is 2.26. The van der Waals surface area contributed by atoms with Crippen LogP contribution in [0.2, 0.25) is 0 Å². The fourth-order valence-electron chi connectivity index (χ4n) is 3.17. The number of para-hydroxylation sites is 1. The number of nitro benzene ring substituents is 1. The van der Waals surface area contributed by atoms with Gasteiger partial charge in [0, 0.05) is 17.8 Å². The minimum absolute atomic E-state index is 0.0269. The molecule has 1 aliphatic carbocycles. The molecular formula is C22H25N3O5. The van der Waals surface area contributed by atoms with E-state index in [0.29, 0.717) is 5.69 Å². The van der Waals surface area contributed by atoms with Gasteiger partial charge in [0.1, 0.15) is 5.69 Å². The van der Waals surface area contributed by atoms with Crippen molar-refractivity contribution in [2.45, 2.75) is 45.6 Å². The van der Waals surface area contributed by atoms with Crippen LogP contribution in [-0.4, -0.2) is 29.4 Å². The third kappa shape index (κ3) is 5.14. The number of amides is 1. The van der Waals surface area contributed by atoms with Crippen LogP contribution in [0.4, 0.5) is 17.1 Å². The Morgan fingerprint density at radius 2 is 1.80 bits per heavy atom. The molecule has 2 aromatic carbocycles. The lowest BCUT2D eigenvalue weighted by Crippen LogP contribution is -2.22. The van der Waals surface area contributed by atoms with Crippen molar-refractivity contribution in [3.05, 3.63) is 63.2 Å². The second kappa shape index (κ2) is 9.39. The molecule has 158 valence electrons. The van der Waals surface area contributed by atoms with Crippen LogP contribution >= 0.6 is 0 Å². The number of benzene rings is 2. The van der Waals surface area contributed by atoms with Crippen LogP contribution in [-0.2, 0) is 22.4 Å². The number of anilines is 2. The molecule has 1 aliphatic rings. The van der Waals surface area contributed by atoms with Crippen molar-refractivity contribution in [3.63, 3.8) is 0 Å². The molecule has 0 aliphatic heterocycles. The molecule has 1 amide bonds. The van der Waals surface area contributed by atoms with E-state index < -0.39 is 23.4 Å². The van der Waals surface area contributed by atoms with Crippen LogP contribution in [0.25, 0.3) is 0 Å². The summed E-state index contributed by atoms with van der Waals surface area (Å²) in [4.78, 5) is 35.5. The van der Waals surface area contributed by atoms with E-state index in [1.54, 1.807) is 0 Å². The highest BCUT2D eigenvalue weighted by Crippen LogP contribution is 2.31. The van der Waals surface area contributed by atoms with Crippen molar-refractivity contribution in [1.82, 2.24) is 0 Å². The molecule has 8 nitrogen and oxygen atoms in total. The number of rotatable bonds is 9. The van der Waals surface area contributed by atoms with Gasteiger partial charge in [-0.2, -0.15) is 0 Å². The molecule has 2 aromatic rings. The zero-order valence-corrected chi connectivity index (χ0v) is 17.1. The average Bonchev–Trinajstić information content (AvgIpc) is 3.56. The first kappa shape index (κ1) is 21.3. The highest BCUT2D eigenvalue weighted by atomic mass is 16.6. The maximum absolute atomic E-state index is 12.3. The van der Waals surface area contributed by atoms with Gasteiger partial charge in [-0.05, 0) is 48.9 Å². The van der Waals surface area contributed by atoms with Crippen molar-refractivity contribution < 1.29 is 19.2 Å². The summed E-state index contributed by atoms with van der Waals surface area (Å²) in [5, 5.41) is 17.2. The number of nitrogens with zero attached hydrogens (tertiary/aromatic N) is 1. The Bertz CT molecular complexity index is 947. The molecule has 0 radical (unpaired) electrons. The number of nitrogens with one attached hydrogen (secondary N) is 2. The van der Waals surface area contributed by atoms with Crippen molar-refractivity contribution >= 4 is 28.9 Å². The number of ether oxygens (including phenoxy) is 1. The maximum Gasteiger partial charge on any atom is 0.338 e. The van der Waals surface area contributed by atoms with Gasteiger partial charge in [0.2, 0.25) is 0 Å². The Morgan fingerprint density at radius 3 is 2.37 bits per heavy atom. The van der Waals surface area contributed by atoms with E-state index >= 15 is 0 Å². The Balaban J connectivity index is 1.65. The van der Waals surface area contributed by atoms with Gasteiger partial charge in [-0.3, -0.25) is 14.9 Å². The first-order valence-corrected chi connectivity index (χ1v) is 10.1. The normalized spacial score (nSPS) is 12.9. The molecule has 1 fully saturated rings. The second-order valence-corrected chi connectivity index (χ2v) is 7.19. The number of hydrogen-bond acceptors (Lipinski definition) is 6. The van der Waals surface area contributed by atoms with Crippen molar-refractivity contribution in [3.8, 4) is 0 Å². The number of nitro groups is 1. The highest BCUT2D eigenvalue weighted by molar-refractivity contribution is 5.97. The van der Waals surface area contributed by atoms with E-state index in [9.17, 15) is 19.7 Å². The Labute approximate surface area is 174 Å². The molecule has 0 saturated heterocycles. The third-order valence-electron chi connectivity index (χ3n) is 4.96. The van der Waals surface area contributed by atoms with Gasteiger partial charge in [0.25, 0.3) is 11.6 Å². The van der Waals surface area contributed by atoms with E-state index in [4.69, 9.17) is 4.74 Å². The van der Waals surface area contributed by atoms with E-state index in [-0.39, 0.29) is 17.3 Å². The van der Waals surface area contributed by atoms with Gasteiger partial charge in [0.15, 0.2) is 6.61 Å². The number of hydrogen-bond donors (Lipinski definition) is 2. The summed E-state index contributed by atoms with van der Waals surface area (Å²) in [6, 6.07) is 10.2. The Morgan fingerprint density at radius 1 is 1.13 bits per heavy atom. The molecular weight excluding hydrogens is 386 g/mol. The van der Waals surface area contributed by atoms with E-state index in [1.165, 1.54) is 18.2 Å². The monoisotopic (exact) mass is 411 g/mol. The summed E-state index contributed by atoms with van der Waals surface area (Å²) >= 11 is 0. The molecule has 0 heterocycles. The lowest BCUT2D eigenvalue weighted by Gasteiger charge is -2.14. The number of esters is 1. The zero-order chi connectivity index (χ0) is 21.7. The molecule has 0 aromatic heterocycles. The summed E-state index contributed by atoms with van der Waals surface area (Å²) in [5.74, 6) is -1.24. The van der Waals surface area contributed by atoms with Gasteiger partial charge in [-0.1, -0.05) is 32.0 Å². The lowest BCUT2D eigenvalue weighted by atomic mass is 10.0. The standard InChI is InChI=1S/C22H25N3O5/c1-3-14-6-5-7-15(4-2)21(14)24-20(26)13-30-22(27)16-8-11-18(23-17-9-10-17)19(12-16)25(28)29/h5-8,11-12,17,23H,3-4,9-10,13H2,1-2H3,(H,24,26). The Kier molecular flexibility index (Phi) is 6.66. The fourth-order valence-corrected chi connectivity index (χ4v) is 3.17. The van der Waals surface area contributed by atoms with E-state index in [0.717, 1.165) is 42.5 Å². The first-order valence-electron chi connectivity index (χ1n) is 10.1. The quantitative estimate of drug-likeness (QED) is 0.365. The molecule has 0 spiro atoms. The molecule has 0 unspecified atom stereocenters. The van der Waals surface area contributed by atoms with E-state index in [1.807, 2.05) is 32.0 Å². The number of aryl methyl sites for hydroxylation is 2. The van der Waals surface area contributed by atoms with Gasteiger partial charge >= 0.3 is 5.97 Å². The predicted octanol–water partition coefficient (Wildman–Crippen LogP) is 4.09. The summed E-state index contributed by atoms with van der Waals surface area (Å²) in [6.45, 7) is 3.52. The maximum atomic E-state index is 12.3. The van der Waals surface area contributed by atoms with Gasteiger partial charge in [-0.25, -0.2) is 4.79 Å². The summed E-state index contributed by atoms with van der Waals surface area (Å²) < 4.78 is 5.08. The number of carbonyl (C=O) groups excluding carboxylic acids is 2. The van der Waals surface area contributed by atoms with Crippen LogP contribution < -0.4 is 10.6 Å². The zero-order valence-electron chi connectivity index (χ0n) is 17.1. The van der Waals surface area contributed by atoms with Crippen LogP contribution in [0, 0.1) is 10.1 Å². The van der Waals surface area contributed by atoms with Gasteiger partial charge in [0.05, 0.1) is 10.5 Å². The minimum atomic E-state index is -0.786. The second-order valence-electron chi connectivity index (χ2n) is 7.19. The van der Waals surface area contributed by atoms with E-state index in [2.05, 4.69) is 10.6 Å². The molecule has 3 rings (SSSR count). The third-order valence-corrected chi connectivity index (χ3v) is 4.96. The largest absolute Gasteiger partial charge is 0.452 e. The van der Waals surface area contributed by atoms with Gasteiger partial charge in [-0.15, -0.1) is 0 Å². The SMILES string of the molecule is CCc1cccc(CC)c1NC(=O)COC(=O)c1ccc(NC2CC2)c([N+](=O)[O-])c1. The summed E-state index contributed by atoms with van der Waals surface area (Å²) in [5.41, 5.74) is 2.96. The molecule has 30 heavy (non-hydrogen) atoms. The molecule has 0 atom stereocenters. The summed E-state index contributed by atoms with van der Waals surface area (Å²) in [6.07, 6.45) is 3.45. The molecule has 1 saturated carbocycles. The molecule has 0 bridgehead atoms. The molecule has 2 N–H and O–H groups in total. The smallest absolute Gasteiger partial charge is 0.338 e. The van der Waals surface area contributed by atoms with Crippen LogP contribution in [0.1, 0.15) is 48.2 Å². The van der Waals surface area contributed by atoms with Crippen molar-refractivity contribution in [2.75, 3.05) is 17.2 Å². The average molecular weight is 411 g/mol. The Hall–Kier alpha value is -3.42. The number of carbonyl (C=O) groups is 2. The minimum Gasteiger partial charge on any atom is -0.452 e. The fraction of sp³-hybridized carbons (Fsp3) is 0.364. The van der Waals surface area contributed by atoms with Crippen LogP contribution in [0.3, 0.4) is 0 Å². The van der Waals surface area contributed by atoms with Crippen LogP contribution in [0.15, 0.2) is 36.4 Å². The van der Waals surface area contributed by atoms with Crippen LogP contribution in [0.5, 0.6) is 0 Å².